The summed E-state index contributed by atoms with van der Waals surface area (Å²) in [5.74, 6) is 0.438. The summed E-state index contributed by atoms with van der Waals surface area (Å²) in [5.41, 5.74) is 1.97. The number of anilines is 1. The smallest absolute Gasteiger partial charge is 0.178 e. The molecule has 1 aromatic heterocycles. The average Bonchev–Trinajstić information content (AvgIpc) is 2.54. The van der Waals surface area contributed by atoms with Gasteiger partial charge in [0.15, 0.2) is 5.78 Å². The van der Waals surface area contributed by atoms with Gasteiger partial charge in [-0.3, -0.25) is 10.2 Å². The Morgan fingerprint density at radius 3 is 2.64 bits per heavy atom. The van der Waals surface area contributed by atoms with Gasteiger partial charge in [-0.1, -0.05) is 6.07 Å². The van der Waals surface area contributed by atoms with Crippen molar-refractivity contribution >= 4 is 17.2 Å². The van der Waals surface area contributed by atoms with Crippen LogP contribution in [0.25, 0.3) is 0 Å². The van der Waals surface area contributed by atoms with E-state index in [1.165, 1.54) is 6.92 Å². The predicted molar refractivity (Wildman–Crippen MR) is 84.1 cm³/mol. The minimum atomic E-state index is -0.315. The van der Waals surface area contributed by atoms with E-state index >= 15 is 0 Å². The Morgan fingerprint density at radius 2 is 2.00 bits per heavy atom. The third-order valence-electron chi connectivity index (χ3n) is 3.23. The molecule has 0 aliphatic rings. The van der Waals surface area contributed by atoms with Crippen molar-refractivity contribution in [3.8, 4) is 0 Å². The molecule has 0 spiro atoms. The minimum absolute atomic E-state index is 0.0752. The van der Waals surface area contributed by atoms with Crippen molar-refractivity contribution in [3.63, 3.8) is 0 Å². The third-order valence-corrected chi connectivity index (χ3v) is 3.23. The molecule has 1 heterocycles. The standard InChI is InChI=1S/C16H18N4O2/c1-11(22)16(17)13-9-12(3-5-14(13)20-10-21)4-6-15-18-7-2-8-19-15/h2-3,5,7-9,17,20-21H,4,6,10H2,1H3. The Kier molecular flexibility index (Phi) is 5.32. The predicted octanol–water partition coefficient (Wildman–Crippen LogP) is 1.58. The van der Waals surface area contributed by atoms with Gasteiger partial charge in [-0.15, -0.1) is 0 Å². The van der Waals surface area contributed by atoms with E-state index in [1.54, 1.807) is 30.6 Å². The lowest BCUT2D eigenvalue weighted by molar-refractivity contribution is -0.111. The molecule has 0 amide bonds. The van der Waals surface area contributed by atoms with Crippen LogP contribution in [-0.4, -0.2) is 33.3 Å². The number of nitrogens with zero attached hydrogens (tertiary/aromatic N) is 2. The molecule has 2 rings (SSSR count). The molecule has 2 aromatic rings. The number of Topliss-reactive ketones (excluding diaryl/α,β-unsaturated/α-hetero) is 1. The number of aromatic nitrogens is 2. The summed E-state index contributed by atoms with van der Waals surface area (Å²) in [6.45, 7) is 1.10. The third kappa shape index (κ3) is 3.95. The molecule has 0 bridgehead atoms. The van der Waals surface area contributed by atoms with Crippen LogP contribution >= 0.6 is 0 Å². The molecule has 0 aliphatic heterocycles. The summed E-state index contributed by atoms with van der Waals surface area (Å²) in [6.07, 6.45) is 4.79. The first-order chi connectivity index (χ1) is 10.6. The molecule has 0 unspecified atom stereocenters. The zero-order valence-electron chi connectivity index (χ0n) is 12.3. The molecule has 0 aliphatic carbocycles. The molecule has 0 saturated heterocycles. The second-order valence-corrected chi connectivity index (χ2v) is 4.81. The minimum Gasteiger partial charge on any atom is -0.377 e. The van der Waals surface area contributed by atoms with Crippen LogP contribution in [0, 0.1) is 5.41 Å². The molecule has 114 valence electrons. The van der Waals surface area contributed by atoms with Gasteiger partial charge >= 0.3 is 0 Å². The van der Waals surface area contributed by atoms with Gasteiger partial charge in [-0.25, -0.2) is 9.97 Å². The fraction of sp³-hybridized carbons (Fsp3) is 0.250. The molecular formula is C16H18N4O2. The van der Waals surface area contributed by atoms with Crippen molar-refractivity contribution in [2.45, 2.75) is 19.8 Å². The van der Waals surface area contributed by atoms with Crippen molar-refractivity contribution in [1.82, 2.24) is 9.97 Å². The Balaban J connectivity index is 2.20. The summed E-state index contributed by atoms with van der Waals surface area (Å²) < 4.78 is 0. The van der Waals surface area contributed by atoms with Crippen LogP contribution in [0.2, 0.25) is 0 Å². The molecule has 0 fully saturated rings. The fourth-order valence-corrected chi connectivity index (χ4v) is 2.10. The summed E-state index contributed by atoms with van der Waals surface area (Å²) in [5, 5.41) is 19.7. The first-order valence-corrected chi connectivity index (χ1v) is 6.95. The van der Waals surface area contributed by atoms with E-state index in [0.29, 0.717) is 24.1 Å². The van der Waals surface area contributed by atoms with Gasteiger partial charge in [-0.2, -0.15) is 0 Å². The van der Waals surface area contributed by atoms with E-state index in [0.717, 1.165) is 11.4 Å². The van der Waals surface area contributed by atoms with E-state index in [9.17, 15) is 4.79 Å². The highest BCUT2D eigenvalue weighted by atomic mass is 16.3. The number of hydrogen-bond acceptors (Lipinski definition) is 6. The Labute approximate surface area is 128 Å². The molecule has 22 heavy (non-hydrogen) atoms. The molecule has 0 atom stereocenters. The van der Waals surface area contributed by atoms with Crippen LogP contribution < -0.4 is 5.32 Å². The average molecular weight is 298 g/mol. The fourth-order valence-electron chi connectivity index (χ4n) is 2.10. The number of aliphatic hydroxyl groups is 1. The van der Waals surface area contributed by atoms with Crippen molar-refractivity contribution < 1.29 is 9.90 Å². The number of ketones is 1. The molecule has 6 nitrogen and oxygen atoms in total. The van der Waals surface area contributed by atoms with Gasteiger partial charge in [0.25, 0.3) is 0 Å². The largest absolute Gasteiger partial charge is 0.377 e. The Morgan fingerprint density at radius 1 is 1.27 bits per heavy atom. The second-order valence-electron chi connectivity index (χ2n) is 4.81. The van der Waals surface area contributed by atoms with Crippen LogP contribution in [0.3, 0.4) is 0 Å². The van der Waals surface area contributed by atoms with Crippen LogP contribution in [0.15, 0.2) is 36.7 Å². The quantitative estimate of drug-likeness (QED) is 0.532. The molecule has 0 saturated carbocycles. The topological polar surface area (TPSA) is 99.0 Å². The lowest BCUT2D eigenvalue weighted by Gasteiger charge is -2.12. The number of rotatable bonds is 7. The summed E-state index contributed by atoms with van der Waals surface area (Å²) in [7, 11) is 0. The van der Waals surface area contributed by atoms with Crippen LogP contribution in [0.5, 0.6) is 0 Å². The number of hydrogen-bond donors (Lipinski definition) is 3. The number of aliphatic hydroxyl groups excluding tert-OH is 1. The molecular weight excluding hydrogens is 280 g/mol. The summed E-state index contributed by atoms with van der Waals surface area (Å²) in [4.78, 5) is 19.8. The molecule has 3 N–H and O–H groups in total. The van der Waals surface area contributed by atoms with Gasteiger partial charge in [0.1, 0.15) is 18.3 Å². The maximum absolute atomic E-state index is 11.5. The van der Waals surface area contributed by atoms with Crippen molar-refractivity contribution in [1.29, 1.82) is 5.41 Å². The van der Waals surface area contributed by atoms with Gasteiger partial charge in [0.2, 0.25) is 0 Å². The highest BCUT2D eigenvalue weighted by Gasteiger charge is 2.13. The first kappa shape index (κ1) is 15.8. The molecule has 1 aromatic carbocycles. The van der Waals surface area contributed by atoms with Crippen molar-refractivity contribution in [2.24, 2.45) is 0 Å². The van der Waals surface area contributed by atoms with Crippen LogP contribution in [0.1, 0.15) is 23.9 Å². The van der Waals surface area contributed by atoms with E-state index < -0.39 is 0 Å². The summed E-state index contributed by atoms with van der Waals surface area (Å²) >= 11 is 0. The van der Waals surface area contributed by atoms with Gasteiger partial charge < -0.3 is 10.4 Å². The van der Waals surface area contributed by atoms with Crippen LogP contribution in [-0.2, 0) is 17.6 Å². The number of carbonyl (C=O) groups is 1. The maximum Gasteiger partial charge on any atom is 0.178 e. The normalized spacial score (nSPS) is 10.3. The number of benzene rings is 1. The Bertz CT molecular complexity index is 671. The lowest BCUT2D eigenvalue weighted by atomic mass is 9.99. The van der Waals surface area contributed by atoms with E-state index in [4.69, 9.17) is 10.5 Å². The lowest BCUT2D eigenvalue weighted by Crippen LogP contribution is -2.14. The van der Waals surface area contributed by atoms with E-state index in [-0.39, 0.29) is 18.2 Å². The maximum atomic E-state index is 11.5. The van der Waals surface area contributed by atoms with Crippen LogP contribution in [0.4, 0.5) is 5.69 Å². The van der Waals surface area contributed by atoms with E-state index in [2.05, 4.69) is 15.3 Å². The molecule has 6 heteroatoms. The number of nitrogens with one attached hydrogen (secondary N) is 2. The van der Waals surface area contributed by atoms with E-state index in [1.807, 2.05) is 6.07 Å². The van der Waals surface area contributed by atoms with Gasteiger partial charge in [0.05, 0.1) is 0 Å². The zero-order chi connectivity index (χ0) is 15.9. The van der Waals surface area contributed by atoms with Gasteiger partial charge in [-0.05, 0) is 30.2 Å². The Hall–Kier alpha value is -2.60. The molecule has 0 radical (unpaired) electrons. The highest BCUT2D eigenvalue weighted by molar-refractivity contribution is 6.45. The number of carbonyl (C=O) groups excluding carboxylic acids is 1. The van der Waals surface area contributed by atoms with Gasteiger partial charge in [0, 0.05) is 37.0 Å². The SMILES string of the molecule is CC(=O)C(=N)c1cc(CCc2ncccn2)ccc1NCO. The van der Waals surface area contributed by atoms with Crippen molar-refractivity contribution in [2.75, 3.05) is 12.0 Å². The van der Waals surface area contributed by atoms with Crippen molar-refractivity contribution in [3.05, 3.63) is 53.6 Å². The summed E-state index contributed by atoms with van der Waals surface area (Å²) in [6, 6.07) is 7.23. The zero-order valence-corrected chi connectivity index (χ0v) is 12.3. The first-order valence-electron chi connectivity index (χ1n) is 6.95. The number of aryl methyl sites for hydroxylation is 2. The second kappa shape index (κ2) is 7.42. The highest BCUT2D eigenvalue weighted by Crippen LogP contribution is 2.19. The monoisotopic (exact) mass is 298 g/mol.